The van der Waals surface area contributed by atoms with E-state index in [1.165, 1.54) is 0 Å². The number of nitrogens with one attached hydrogen (secondary N) is 2. The van der Waals surface area contributed by atoms with Crippen LogP contribution >= 0.6 is 0 Å². The summed E-state index contributed by atoms with van der Waals surface area (Å²) in [6.45, 7) is 3.34. The third-order valence-corrected chi connectivity index (χ3v) is 6.08. The van der Waals surface area contributed by atoms with Gasteiger partial charge in [0, 0.05) is 25.0 Å². The number of anilines is 1. The van der Waals surface area contributed by atoms with Crippen LogP contribution < -0.4 is 15.4 Å². The molecule has 4 rings (SSSR count). The van der Waals surface area contributed by atoms with Crippen LogP contribution in [0, 0.1) is 0 Å². The van der Waals surface area contributed by atoms with E-state index in [9.17, 15) is 14.4 Å². The summed E-state index contributed by atoms with van der Waals surface area (Å²) in [5.41, 5.74) is 2.20. The van der Waals surface area contributed by atoms with Crippen molar-refractivity contribution in [2.24, 2.45) is 0 Å². The molecule has 9 nitrogen and oxygen atoms in total. The van der Waals surface area contributed by atoms with Gasteiger partial charge in [0.15, 0.2) is 0 Å². The molecule has 0 aliphatic carbocycles. The van der Waals surface area contributed by atoms with Gasteiger partial charge in [-0.15, -0.1) is 0 Å². The van der Waals surface area contributed by atoms with Gasteiger partial charge in [0.1, 0.15) is 11.8 Å². The summed E-state index contributed by atoms with van der Waals surface area (Å²) >= 11 is 0. The lowest BCUT2D eigenvalue weighted by Crippen LogP contribution is -2.62. The molecule has 1 unspecified atom stereocenters. The van der Waals surface area contributed by atoms with Crippen molar-refractivity contribution in [1.29, 1.82) is 0 Å². The molecule has 0 radical (unpaired) electrons. The standard InChI is InChI=1S/C28H31N5O4/c1-2-37-24-13-11-22(12-14-24)31-28(36)32-16-17-33(26(34)18-21-8-4-3-5-9-21)25(20-32)27(35)30-19-23-10-6-7-15-29-23/h3-15,25H,2,16-20H2,1H3,(H,30,35)(H,31,36). The smallest absolute Gasteiger partial charge is 0.321 e. The minimum Gasteiger partial charge on any atom is -0.494 e. The van der Waals surface area contributed by atoms with Crippen molar-refractivity contribution in [2.75, 3.05) is 31.6 Å². The molecule has 1 saturated heterocycles. The first-order chi connectivity index (χ1) is 18.0. The van der Waals surface area contributed by atoms with Crippen LogP contribution in [0.4, 0.5) is 10.5 Å². The number of hydrogen-bond donors (Lipinski definition) is 2. The molecule has 2 aromatic carbocycles. The van der Waals surface area contributed by atoms with Crippen molar-refractivity contribution < 1.29 is 19.1 Å². The monoisotopic (exact) mass is 501 g/mol. The van der Waals surface area contributed by atoms with Gasteiger partial charge in [-0.05, 0) is 48.9 Å². The molecule has 2 heterocycles. The van der Waals surface area contributed by atoms with E-state index in [-0.39, 0.29) is 43.9 Å². The Labute approximate surface area is 216 Å². The van der Waals surface area contributed by atoms with Gasteiger partial charge < -0.3 is 25.2 Å². The van der Waals surface area contributed by atoms with Crippen molar-refractivity contribution in [2.45, 2.75) is 25.9 Å². The third kappa shape index (κ3) is 7.07. The molecule has 4 amide bonds. The Morgan fingerprint density at radius 2 is 1.73 bits per heavy atom. The second-order valence-electron chi connectivity index (χ2n) is 8.64. The Morgan fingerprint density at radius 3 is 2.43 bits per heavy atom. The molecule has 1 aliphatic rings. The van der Waals surface area contributed by atoms with Gasteiger partial charge in [-0.25, -0.2) is 4.79 Å². The van der Waals surface area contributed by atoms with Crippen molar-refractivity contribution >= 4 is 23.5 Å². The molecule has 1 fully saturated rings. The highest BCUT2D eigenvalue weighted by atomic mass is 16.5. The largest absolute Gasteiger partial charge is 0.494 e. The van der Waals surface area contributed by atoms with E-state index in [1.807, 2.05) is 49.4 Å². The Morgan fingerprint density at radius 1 is 0.973 bits per heavy atom. The predicted molar refractivity (Wildman–Crippen MR) is 140 cm³/mol. The van der Waals surface area contributed by atoms with Crippen LogP contribution in [-0.2, 0) is 22.6 Å². The zero-order chi connectivity index (χ0) is 26.0. The highest BCUT2D eigenvalue weighted by Gasteiger charge is 2.36. The van der Waals surface area contributed by atoms with Crippen molar-refractivity contribution in [3.63, 3.8) is 0 Å². The lowest BCUT2D eigenvalue weighted by Gasteiger charge is -2.40. The maximum absolute atomic E-state index is 13.3. The quantitative estimate of drug-likeness (QED) is 0.494. The van der Waals surface area contributed by atoms with Gasteiger partial charge >= 0.3 is 6.03 Å². The Hall–Kier alpha value is -4.40. The summed E-state index contributed by atoms with van der Waals surface area (Å²) in [5.74, 6) is 0.233. The molecule has 0 bridgehead atoms. The molecule has 1 aromatic heterocycles. The molecular weight excluding hydrogens is 470 g/mol. The first-order valence-corrected chi connectivity index (χ1v) is 12.3. The molecule has 9 heteroatoms. The summed E-state index contributed by atoms with van der Waals surface area (Å²) < 4.78 is 5.44. The first-order valence-electron chi connectivity index (χ1n) is 12.3. The zero-order valence-corrected chi connectivity index (χ0v) is 20.8. The van der Waals surface area contributed by atoms with Crippen molar-refractivity contribution in [3.8, 4) is 5.75 Å². The van der Waals surface area contributed by atoms with E-state index in [4.69, 9.17) is 4.74 Å². The van der Waals surface area contributed by atoms with Crippen LogP contribution in [0.15, 0.2) is 79.0 Å². The number of aromatic nitrogens is 1. The molecule has 192 valence electrons. The SMILES string of the molecule is CCOc1ccc(NC(=O)N2CCN(C(=O)Cc3ccccc3)C(C(=O)NCc3ccccn3)C2)cc1. The Balaban J connectivity index is 1.44. The predicted octanol–water partition coefficient (Wildman–Crippen LogP) is 3.08. The first kappa shape index (κ1) is 25.7. The number of amides is 4. The zero-order valence-electron chi connectivity index (χ0n) is 20.8. The van der Waals surface area contributed by atoms with Crippen molar-refractivity contribution in [3.05, 3.63) is 90.3 Å². The highest BCUT2D eigenvalue weighted by Crippen LogP contribution is 2.18. The summed E-state index contributed by atoms with van der Waals surface area (Å²) in [6, 6.07) is 20.8. The molecular formula is C28H31N5O4. The Kier molecular flexibility index (Phi) is 8.70. The van der Waals surface area contributed by atoms with Gasteiger partial charge in [0.2, 0.25) is 11.8 Å². The van der Waals surface area contributed by atoms with E-state index in [0.717, 1.165) is 11.3 Å². The normalized spacial score (nSPS) is 15.1. The Bertz CT molecular complexity index is 1190. The molecule has 1 aliphatic heterocycles. The summed E-state index contributed by atoms with van der Waals surface area (Å²) in [6.07, 6.45) is 1.84. The van der Waals surface area contributed by atoms with Crippen LogP contribution in [0.1, 0.15) is 18.2 Å². The van der Waals surface area contributed by atoms with E-state index >= 15 is 0 Å². The van der Waals surface area contributed by atoms with E-state index in [2.05, 4.69) is 15.6 Å². The number of benzene rings is 2. The second-order valence-corrected chi connectivity index (χ2v) is 8.64. The topological polar surface area (TPSA) is 104 Å². The van der Waals surface area contributed by atoms with Gasteiger partial charge in [-0.3, -0.25) is 14.6 Å². The minimum absolute atomic E-state index is 0.0808. The lowest BCUT2D eigenvalue weighted by molar-refractivity contribution is -0.142. The van der Waals surface area contributed by atoms with Gasteiger partial charge in [0.05, 0.1) is 31.8 Å². The van der Waals surface area contributed by atoms with E-state index in [1.54, 1.807) is 46.3 Å². The maximum Gasteiger partial charge on any atom is 0.321 e. The fraction of sp³-hybridized carbons (Fsp3) is 0.286. The molecule has 0 saturated carbocycles. The van der Waals surface area contributed by atoms with Crippen LogP contribution in [0.25, 0.3) is 0 Å². The average molecular weight is 502 g/mol. The average Bonchev–Trinajstić information content (AvgIpc) is 2.93. The molecule has 37 heavy (non-hydrogen) atoms. The lowest BCUT2D eigenvalue weighted by atomic mass is 10.1. The van der Waals surface area contributed by atoms with Crippen molar-refractivity contribution in [1.82, 2.24) is 20.1 Å². The highest BCUT2D eigenvalue weighted by molar-refractivity contribution is 5.92. The molecule has 1 atom stereocenters. The fourth-order valence-corrected chi connectivity index (χ4v) is 4.16. The summed E-state index contributed by atoms with van der Waals surface area (Å²) in [4.78, 5) is 46.9. The number of hydrogen-bond acceptors (Lipinski definition) is 5. The van der Waals surface area contributed by atoms with Gasteiger partial charge in [-0.1, -0.05) is 36.4 Å². The second kappa shape index (κ2) is 12.5. The number of rotatable bonds is 8. The maximum atomic E-state index is 13.3. The summed E-state index contributed by atoms with van der Waals surface area (Å²) in [5, 5.41) is 5.75. The van der Waals surface area contributed by atoms with Gasteiger partial charge in [0.25, 0.3) is 0 Å². The number of carbonyl (C=O) groups excluding carboxylic acids is 3. The number of carbonyl (C=O) groups is 3. The van der Waals surface area contributed by atoms with Crippen LogP contribution in [0.5, 0.6) is 5.75 Å². The van der Waals surface area contributed by atoms with Crippen LogP contribution in [0.2, 0.25) is 0 Å². The minimum atomic E-state index is -0.820. The number of nitrogens with zero attached hydrogens (tertiary/aromatic N) is 3. The number of pyridine rings is 1. The summed E-state index contributed by atoms with van der Waals surface area (Å²) in [7, 11) is 0. The number of urea groups is 1. The molecule has 0 spiro atoms. The van der Waals surface area contributed by atoms with Crippen LogP contribution in [-0.4, -0.2) is 64.9 Å². The third-order valence-electron chi connectivity index (χ3n) is 6.08. The van der Waals surface area contributed by atoms with Gasteiger partial charge in [-0.2, -0.15) is 0 Å². The van der Waals surface area contributed by atoms with E-state index in [0.29, 0.717) is 24.5 Å². The number of piperazine rings is 1. The fourth-order valence-electron chi connectivity index (χ4n) is 4.16. The molecule has 3 aromatic rings. The molecule has 2 N–H and O–H groups in total. The van der Waals surface area contributed by atoms with E-state index < -0.39 is 6.04 Å². The number of ether oxygens (including phenoxy) is 1. The van der Waals surface area contributed by atoms with Crippen LogP contribution in [0.3, 0.4) is 0 Å².